The summed E-state index contributed by atoms with van der Waals surface area (Å²) in [5, 5.41) is 27.7. The van der Waals surface area contributed by atoms with E-state index in [9.17, 15) is 35.9 Å². The van der Waals surface area contributed by atoms with Crippen LogP contribution in [0.1, 0.15) is 52.7 Å². The zero-order valence-corrected chi connectivity index (χ0v) is 35.5. The number of hydrogen-bond acceptors (Lipinski definition) is 13. The number of nitrogens with one attached hydrogen (secondary N) is 1. The average molecular weight is 916 g/mol. The van der Waals surface area contributed by atoms with Gasteiger partial charge in [-0.1, -0.05) is 10.3 Å². The van der Waals surface area contributed by atoms with Gasteiger partial charge < -0.3 is 43.5 Å². The number of ether oxygens (including phenoxy) is 4. The largest absolute Gasteiger partial charge is 0.490 e. The van der Waals surface area contributed by atoms with Gasteiger partial charge in [-0.3, -0.25) is 4.79 Å². The summed E-state index contributed by atoms with van der Waals surface area (Å²) in [5.74, 6) is -1.13. The zero-order valence-electron chi connectivity index (χ0n) is 35.5. The molecule has 15 nitrogen and oxygen atoms in total. The molecule has 6 rings (SSSR count). The van der Waals surface area contributed by atoms with Gasteiger partial charge in [0, 0.05) is 28.8 Å². The fraction of sp³-hybridized carbons (Fsp3) is 0.318. The molecule has 0 saturated heterocycles. The normalized spacial score (nSPS) is 12.5. The Bertz CT molecular complexity index is 2520. The number of alkyl halides is 6. The number of carboxylic acids is 1. The van der Waals surface area contributed by atoms with E-state index in [2.05, 4.69) is 25.6 Å². The van der Waals surface area contributed by atoms with Crippen LogP contribution >= 0.6 is 0 Å². The van der Waals surface area contributed by atoms with E-state index in [1.165, 1.54) is 43.3 Å². The fourth-order valence-corrected chi connectivity index (χ4v) is 5.60. The summed E-state index contributed by atoms with van der Waals surface area (Å²) in [6.45, 7) is 9.47. The SMILES string of the molecule is CC(C)Oc1ccc(-c2noc(-c3ccc(O[C@H](C)C(=O)NCCO)cc3)n2)cc1C(F)(F)F.CC(C)Oc1ccc(-c2noc(-c3ccc(O[C@H](C)C(=O)O)cc3)n2)cc1C(F)(F)F. The summed E-state index contributed by atoms with van der Waals surface area (Å²) in [7, 11) is 0. The first-order chi connectivity index (χ1) is 30.6. The summed E-state index contributed by atoms with van der Waals surface area (Å²) >= 11 is 0. The molecule has 0 saturated carbocycles. The van der Waals surface area contributed by atoms with E-state index in [1.54, 1.807) is 71.0 Å². The highest BCUT2D eigenvalue weighted by atomic mass is 19.4. The Morgan fingerprint density at radius 3 is 1.34 bits per heavy atom. The van der Waals surface area contributed by atoms with E-state index >= 15 is 0 Å². The van der Waals surface area contributed by atoms with Crippen LogP contribution in [0, 0.1) is 0 Å². The van der Waals surface area contributed by atoms with E-state index in [4.69, 9.17) is 38.2 Å². The number of carbonyl (C=O) groups excluding carboxylic acids is 1. The minimum atomic E-state index is -4.62. The lowest BCUT2D eigenvalue weighted by Crippen LogP contribution is -2.37. The topological polar surface area (TPSA) is 201 Å². The van der Waals surface area contributed by atoms with Crippen molar-refractivity contribution in [2.24, 2.45) is 0 Å². The maximum absolute atomic E-state index is 13.5. The summed E-state index contributed by atoms with van der Waals surface area (Å²) in [6.07, 6.45) is -11.9. The van der Waals surface area contributed by atoms with Gasteiger partial charge in [-0.05, 0) is 126 Å². The number of nitrogens with zero attached hydrogens (tertiary/aromatic N) is 4. The third-order valence-electron chi connectivity index (χ3n) is 8.62. The number of benzene rings is 4. The Labute approximate surface area is 367 Å². The van der Waals surface area contributed by atoms with Crippen molar-refractivity contribution in [2.45, 2.75) is 78.3 Å². The average Bonchev–Trinajstić information content (AvgIpc) is 3.94. The van der Waals surface area contributed by atoms with Crippen LogP contribution in [-0.4, -0.2) is 79.9 Å². The van der Waals surface area contributed by atoms with Gasteiger partial charge in [0.1, 0.15) is 23.0 Å². The molecule has 0 unspecified atom stereocenters. The molecule has 2 heterocycles. The van der Waals surface area contributed by atoms with Crippen LogP contribution in [0.2, 0.25) is 0 Å². The van der Waals surface area contributed by atoms with Crippen molar-refractivity contribution in [1.29, 1.82) is 0 Å². The minimum Gasteiger partial charge on any atom is -0.490 e. The molecule has 0 fully saturated rings. The van der Waals surface area contributed by atoms with Gasteiger partial charge in [-0.2, -0.15) is 36.3 Å². The predicted molar refractivity (Wildman–Crippen MR) is 220 cm³/mol. The maximum atomic E-state index is 13.5. The third-order valence-corrected chi connectivity index (χ3v) is 8.62. The number of carboxylic acid groups (broad SMARTS) is 1. The number of carbonyl (C=O) groups is 2. The lowest BCUT2D eigenvalue weighted by Gasteiger charge is -2.16. The second-order valence-electron chi connectivity index (χ2n) is 14.5. The lowest BCUT2D eigenvalue weighted by molar-refractivity contribution is -0.144. The van der Waals surface area contributed by atoms with Gasteiger partial charge in [0.15, 0.2) is 12.2 Å². The number of amides is 1. The molecule has 4 aromatic carbocycles. The van der Waals surface area contributed by atoms with Crippen LogP contribution in [0.4, 0.5) is 26.3 Å². The molecule has 1 amide bonds. The van der Waals surface area contributed by atoms with Gasteiger partial charge in [0.05, 0.1) is 29.9 Å². The van der Waals surface area contributed by atoms with Gasteiger partial charge in [0.25, 0.3) is 17.7 Å². The standard InChI is InChI=1S/C23H24F3N3O5.C21H19F3N2O5/c1-13(2)32-19-9-6-16(12-18(19)23(24,25)26)20-28-22(34-29-20)15-4-7-17(8-5-15)33-14(3)21(31)27-10-11-30;1-11(2)29-17-9-6-14(10-16(17)21(22,23)24)18-25-19(31-26-18)13-4-7-15(8-5-13)30-12(3)20(27)28/h4-9,12-14,30H,10-11H2,1-3H3,(H,27,31);4-12H,1-3H3,(H,27,28)/t14-;12-/m11/s1. The Morgan fingerprint density at radius 2 is 0.985 bits per heavy atom. The molecule has 0 radical (unpaired) electrons. The predicted octanol–water partition coefficient (Wildman–Crippen LogP) is 9.15. The van der Waals surface area contributed by atoms with Crippen LogP contribution in [0.5, 0.6) is 23.0 Å². The maximum Gasteiger partial charge on any atom is 0.419 e. The van der Waals surface area contributed by atoms with Crippen LogP contribution in [-0.2, 0) is 21.9 Å². The number of aromatic nitrogens is 4. The molecule has 2 aromatic heterocycles. The Balaban J connectivity index is 0.000000245. The zero-order chi connectivity index (χ0) is 47.6. The van der Waals surface area contributed by atoms with Crippen molar-refractivity contribution in [3.05, 3.63) is 96.1 Å². The molecule has 0 aliphatic heterocycles. The van der Waals surface area contributed by atoms with Gasteiger partial charge in [-0.15, -0.1) is 0 Å². The van der Waals surface area contributed by atoms with E-state index in [1.807, 2.05) is 0 Å². The Kier molecular flexibility index (Phi) is 15.8. The van der Waals surface area contributed by atoms with Crippen molar-refractivity contribution in [2.75, 3.05) is 13.2 Å². The van der Waals surface area contributed by atoms with Crippen molar-refractivity contribution < 1.29 is 74.1 Å². The number of hydrogen-bond donors (Lipinski definition) is 3. The first-order valence-corrected chi connectivity index (χ1v) is 19.7. The first kappa shape index (κ1) is 48.9. The second kappa shape index (κ2) is 21.0. The highest BCUT2D eigenvalue weighted by Crippen LogP contribution is 2.40. The highest BCUT2D eigenvalue weighted by molar-refractivity contribution is 5.80. The summed E-state index contributed by atoms with van der Waals surface area (Å²) in [6, 6.07) is 19.8. The molecule has 0 aliphatic carbocycles. The van der Waals surface area contributed by atoms with Crippen molar-refractivity contribution >= 4 is 11.9 Å². The number of aliphatic hydroxyl groups excluding tert-OH is 1. The van der Waals surface area contributed by atoms with E-state index in [-0.39, 0.29) is 65.1 Å². The molecule has 2 atom stereocenters. The molecule has 0 bridgehead atoms. The number of aliphatic hydroxyl groups is 1. The van der Waals surface area contributed by atoms with Crippen LogP contribution in [0.3, 0.4) is 0 Å². The molecule has 21 heteroatoms. The monoisotopic (exact) mass is 915 g/mol. The van der Waals surface area contributed by atoms with Gasteiger partial charge in [-0.25, -0.2) is 4.79 Å². The summed E-state index contributed by atoms with van der Waals surface area (Å²) < 4.78 is 113. The van der Waals surface area contributed by atoms with Crippen molar-refractivity contribution in [3.63, 3.8) is 0 Å². The molecule has 0 aliphatic rings. The van der Waals surface area contributed by atoms with E-state index < -0.39 is 53.9 Å². The van der Waals surface area contributed by atoms with Crippen LogP contribution in [0.25, 0.3) is 45.7 Å². The smallest absolute Gasteiger partial charge is 0.419 e. The van der Waals surface area contributed by atoms with Gasteiger partial charge in [0.2, 0.25) is 11.6 Å². The number of aliphatic carboxylic acids is 1. The highest BCUT2D eigenvalue weighted by Gasteiger charge is 2.36. The summed E-state index contributed by atoms with van der Waals surface area (Å²) in [4.78, 5) is 31.1. The third kappa shape index (κ3) is 13.4. The number of halogens is 6. The molecule has 6 aromatic rings. The second-order valence-corrected chi connectivity index (χ2v) is 14.5. The summed E-state index contributed by atoms with van der Waals surface area (Å²) in [5.41, 5.74) is -0.609. The molecule has 3 N–H and O–H groups in total. The fourth-order valence-electron chi connectivity index (χ4n) is 5.60. The minimum absolute atomic E-state index is 0.00824. The van der Waals surface area contributed by atoms with Crippen molar-refractivity contribution in [3.8, 4) is 68.7 Å². The lowest BCUT2D eigenvalue weighted by atomic mass is 10.1. The molecular formula is C44H43F6N5O10. The molecular weight excluding hydrogens is 872 g/mol. The van der Waals surface area contributed by atoms with Gasteiger partial charge >= 0.3 is 18.3 Å². The molecule has 0 spiro atoms. The van der Waals surface area contributed by atoms with E-state index in [0.29, 0.717) is 22.6 Å². The quantitative estimate of drug-likeness (QED) is 0.0776. The molecule has 65 heavy (non-hydrogen) atoms. The van der Waals surface area contributed by atoms with E-state index in [0.717, 1.165) is 12.1 Å². The number of rotatable bonds is 16. The Morgan fingerprint density at radius 1 is 0.600 bits per heavy atom. The van der Waals surface area contributed by atoms with Crippen LogP contribution < -0.4 is 24.3 Å². The van der Waals surface area contributed by atoms with Crippen molar-refractivity contribution in [1.82, 2.24) is 25.6 Å². The molecule has 346 valence electrons. The first-order valence-electron chi connectivity index (χ1n) is 19.7. The Hall–Kier alpha value is -7.16. The van der Waals surface area contributed by atoms with Crippen LogP contribution in [0.15, 0.2) is 94.0 Å².